The van der Waals surface area contributed by atoms with Crippen LogP contribution in [0.4, 0.5) is 0 Å². The molecule has 88 valence electrons. The molecule has 0 radical (unpaired) electrons. The van der Waals surface area contributed by atoms with E-state index in [1.807, 2.05) is 4.90 Å². The molecule has 2 heterocycles. The molecule has 7 heteroatoms. The van der Waals surface area contributed by atoms with Gasteiger partial charge in [-0.3, -0.25) is 9.69 Å². The molecule has 1 aromatic heterocycles. The molecular weight excluding hydrogens is 214 g/mol. The number of nitrogens with zero attached hydrogens (tertiary/aromatic N) is 3. The fourth-order valence-electron chi connectivity index (χ4n) is 1.70. The minimum absolute atomic E-state index is 0.0281. The van der Waals surface area contributed by atoms with Crippen LogP contribution >= 0.6 is 0 Å². The number of carbonyl (C=O) groups is 1. The highest BCUT2D eigenvalue weighted by Gasteiger charge is 2.23. The van der Waals surface area contributed by atoms with Gasteiger partial charge in [-0.1, -0.05) is 5.16 Å². The Morgan fingerprint density at radius 1 is 1.69 bits per heavy atom. The van der Waals surface area contributed by atoms with E-state index < -0.39 is 5.97 Å². The minimum atomic E-state index is -0.843. The number of morpholine rings is 1. The van der Waals surface area contributed by atoms with Gasteiger partial charge in [-0.05, 0) is 0 Å². The molecule has 1 saturated heterocycles. The maximum absolute atomic E-state index is 10.6. The summed E-state index contributed by atoms with van der Waals surface area (Å²) in [4.78, 5) is 16.5. The lowest BCUT2D eigenvalue weighted by atomic mass is 10.2. The number of rotatable bonds is 4. The summed E-state index contributed by atoms with van der Waals surface area (Å²) in [5.74, 6) is -0.305. The van der Waals surface area contributed by atoms with Crippen LogP contribution in [-0.2, 0) is 16.1 Å². The van der Waals surface area contributed by atoms with Gasteiger partial charge in [0.05, 0.1) is 25.7 Å². The monoisotopic (exact) mass is 227 g/mol. The number of aliphatic carboxylic acids is 1. The predicted molar refractivity (Wildman–Crippen MR) is 51.6 cm³/mol. The third-order valence-electron chi connectivity index (χ3n) is 2.39. The van der Waals surface area contributed by atoms with Crippen LogP contribution in [0.15, 0.2) is 10.9 Å². The van der Waals surface area contributed by atoms with Crippen LogP contribution in [0.2, 0.25) is 0 Å². The zero-order valence-electron chi connectivity index (χ0n) is 8.70. The van der Waals surface area contributed by atoms with Crippen molar-refractivity contribution in [1.82, 2.24) is 15.0 Å². The molecule has 16 heavy (non-hydrogen) atoms. The maximum Gasteiger partial charge on any atom is 0.306 e. The van der Waals surface area contributed by atoms with Crippen molar-refractivity contribution in [2.75, 3.05) is 19.7 Å². The molecule has 2 rings (SSSR count). The van der Waals surface area contributed by atoms with Gasteiger partial charge in [0.15, 0.2) is 6.33 Å². The molecule has 1 N–H and O–H groups in total. The zero-order valence-corrected chi connectivity index (χ0v) is 8.70. The van der Waals surface area contributed by atoms with Gasteiger partial charge >= 0.3 is 5.97 Å². The van der Waals surface area contributed by atoms with Crippen molar-refractivity contribution < 1.29 is 19.2 Å². The number of carboxylic acids is 1. The van der Waals surface area contributed by atoms with Crippen LogP contribution in [0, 0.1) is 0 Å². The Hall–Kier alpha value is -1.47. The molecule has 0 spiro atoms. The van der Waals surface area contributed by atoms with Gasteiger partial charge in [0.1, 0.15) is 0 Å². The van der Waals surface area contributed by atoms with E-state index in [-0.39, 0.29) is 12.5 Å². The maximum atomic E-state index is 10.6. The minimum Gasteiger partial charge on any atom is -0.481 e. The van der Waals surface area contributed by atoms with Crippen LogP contribution < -0.4 is 0 Å². The zero-order chi connectivity index (χ0) is 11.4. The molecule has 1 aromatic rings. The molecule has 1 aliphatic heterocycles. The summed E-state index contributed by atoms with van der Waals surface area (Å²) in [6, 6.07) is 0. The van der Waals surface area contributed by atoms with E-state index in [2.05, 4.69) is 10.1 Å². The Morgan fingerprint density at radius 3 is 3.25 bits per heavy atom. The quantitative estimate of drug-likeness (QED) is 0.758. The third kappa shape index (κ3) is 3.01. The molecule has 0 aliphatic carbocycles. The molecule has 7 nitrogen and oxygen atoms in total. The van der Waals surface area contributed by atoms with Crippen molar-refractivity contribution in [2.45, 2.75) is 19.1 Å². The van der Waals surface area contributed by atoms with Gasteiger partial charge in [-0.2, -0.15) is 4.98 Å². The number of hydrogen-bond acceptors (Lipinski definition) is 6. The highest BCUT2D eigenvalue weighted by Crippen LogP contribution is 2.11. The van der Waals surface area contributed by atoms with E-state index in [1.165, 1.54) is 6.33 Å². The molecule has 0 bridgehead atoms. The van der Waals surface area contributed by atoms with Crippen molar-refractivity contribution in [1.29, 1.82) is 0 Å². The summed E-state index contributed by atoms with van der Waals surface area (Å²) in [5, 5.41) is 12.2. The molecule has 0 amide bonds. The van der Waals surface area contributed by atoms with E-state index in [0.29, 0.717) is 25.6 Å². The van der Waals surface area contributed by atoms with Crippen LogP contribution in [0.3, 0.4) is 0 Å². The van der Waals surface area contributed by atoms with Gasteiger partial charge in [0, 0.05) is 13.1 Å². The highest BCUT2D eigenvalue weighted by molar-refractivity contribution is 5.67. The fourth-order valence-corrected chi connectivity index (χ4v) is 1.70. The summed E-state index contributed by atoms with van der Waals surface area (Å²) >= 11 is 0. The second kappa shape index (κ2) is 5.04. The molecule has 0 saturated carbocycles. The standard InChI is InChI=1S/C9H13N3O4/c13-9(14)3-7-4-12(1-2-15-7)5-8-10-6-11-16-8/h6-7H,1-5H2,(H,13,14). The molecule has 1 atom stereocenters. The van der Waals surface area contributed by atoms with Gasteiger partial charge in [0.25, 0.3) is 0 Å². The highest BCUT2D eigenvalue weighted by atomic mass is 16.5. The number of carboxylic acid groups (broad SMARTS) is 1. The van der Waals surface area contributed by atoms with Crippen LogP contribution in [0.25, 0.3) is 0 Å². The Morgan fingerprint density at radius 2 is 2.56 bits per heavy atom. The smallest absolute Gasteiger partial charge is 0.306 e. The van der Waals surface area contributed by atoms with E-state index in [4.69, 9.17) is 14.4 Å². The predicted octanol–water partition coefficient (Wildman–Crippen LogP) is -0.255. The second-order valence-electron chi connectivity index (χ2n) is 3.66. The second-order valence-corrected chi connectivity index (χ2v) is 3.66. The Kier molecular flexibility index (Phi) is 3.47. The fraction of sp³-hybridized carbons (Fsp3) is 0.667. The summed E-state index contributed by atoms with van der Waals surface area (Å²) in [6.07, 6.45) is 1.12. The lowest BCUT2D eigenvalue weighted by Crippen LogP contribution is -2.42. The molecule has 0 aromatic carbocycles. The first-order chi connectivity index (χ1) is 7.74. The van der Waals surface area contributed by atoms with E-state index >= 15 is 0 Å². The largest absolute Gasteiger partial charge is 0.481 e. The Balaban J connectivity index is 1.84. The normalized spacial score (nSPS) is 22.1. The van der Waals surface area contributed by atoms with Gasteiger partial charge in [-0.25, -0.2) is 0 Å². The van der Waals surface area contributed by atoms with Crippen molar-refractivity contribution >= 4 is 5.97 Å². The first kappa shape index (κ1) is 11.0. The SMILES string of the molecule is O=C(O)CC1CN(Cc2ncno2)CCO1. The lowest BCUT2D eigenvalue weighted by Gasteiger charge is -2.31. The summed E-state index contributed by atoms with van der Waals surface area (Å²) in [7, 11) is 0. The van der Waals surface area contributed by atoms with Crippen LogP contribution in [-0.4, -0.2) is 51.9 Å². The van der Waals surface area contributed by atoms with Gasteiger partial charge in [-0.15, -0.1) is 0 Å². The molecule has 1 unspecified atom stereocenters. The molecular formula is C9H13N3O4. The van der Waals surface area contributed by atoms with Crippen molar-refractivity contribution in [3.8, 4) is 0 Å². The Labute approximate surface area is 92.0 Å². The molecule has 1 fully saturated rings. The number of hydrogen-bond donors (Lipinski definition) is 1. The van der Waals surface area contributed by atoms with Crippen LogP contribution in [0.1, 0.15) is 12.3 Å². The van der Waals surface area contributed by atoms with Crippen molar-refractivity contribution in [3.63, 3.8) is 0 Å². The lowest BCUT2D eigenvalue weighted by molar-refractivity contribution is -0.142. The number of ether oxygens (including phenoxy) is 1. The first-order valence-corrected chi connectivity index (χ1v) is 5.05. The number of aromatic nitrogens is 2. The van der Waals surface area contributed by atoms with Gasteiger partial charge in [0.2, 0.25) is 5.89 Å². The first-order valence-electron chi connectivity index (χ1n) is 5.05. The van der Waals surface area contributed by atoms with E-state index in [9.17, 15) is 4.79 Å². The van der Waals surface area contributed by atoms with E-state index in [0.717, 1.165) is 6.54 Å². The summed E-state index contributed by atoms with van der Waals surface area (Å²) in [6.45, 7) is 2.40. The third-order valence-corrected chi connectivity index (χ3v) is 2.39. The average molecular weight is 227 g/mol. The van der Waals surface area contributed by atoms with Crippen LogP contribution in [0.5, 0.6) is 0 Å². The molecule has 1 aliphatic rings. The topological polar surface area (TPSA) is 88.7 Å². The summed E-state index contributed by atoms with van der Waals surface area (Å²) in [5.41, 5.74) is 0. The van der Waals surface area contributed by atoms with Crippen molar-refractivity contribution in [2.24, 2.45) is 0 Å². The Bertz CT molecular complexity index is 341. The van der Waals surface area contributed by atoms with Crippen molar-refractivity contribution in [3.05, 3.63) is 12.2 Å². The average Bonchev–Trinajstić information content (AvgIpc) is 2.70. The summed E-state index contributed by atoms with van der Waals surface area (Å²) < 4.78 is 10.2. The van der Waals surface area contributed by atoms with E-state index in [1.54, 1.807) is 0 Å². The van der Waals surface area contributed by atoms with Gasteiger partial charge < -0.3 is 14.4 Å².